The van der Waals surface area contributed by atoms with Gasteiger partial charge in [-0.1, -0.05) is 15.9 Å². The van der Waals surface area contributed by atoms with E-state index in [1.165, 1.54) is 0 Å². The highest BCUT2D eigenvalue weighted by Crippen LogP contribution is 2.24. The van der Waals surface area contributed by atoms with E-state index in [0.29, 0.717) is 12.1 Å². The van der Waals surface area contributed by atoms with E-state index in [-0.39, 0.29) is 0 Å². The minimum atomic E-state index is 0.674. The Balaban J connectivity index is 2.26. The van der Waals surface area contributed by atoms with E-state index in [1.54, 1.807) is 6.26 Å². The molecule has 0 N–H and O–H groups in total. The maximum Gasteiger partial charge on any atom is 0.152 e. The van der Waals surface area contributed by atoms with Gasteiger partial charge in [0.1, 0.15) is 5.76 Å². The van der Waals surface area contributed by atoms with Crippen LogP contribution in [0.1, 0.15) is 21.7 Å². The van der Waals surface area contributed by atoms with Crippen LogP contribution < -0.4 is 4.90 Å². The fraction of sp³-hybridized carbons (Fsp3) is 0.214. The molecular weight excluding hydrogens is 294 g/mol. The fourth-order valence-electron chi connectivity index (χ4n) is 1.88. The molecule has 0 aliphatic rings. The Hall–Kier alpha value is -1.55. The zero-order valence-electron chi connectivity index (χ0n) is 10.3. The maximum absolute atomic E-state index is 11.1. The average Bonchev–Trinajstić information content (AvgIpc) is 2.74. The van der Waals surface area contributed by atoms with Crippen LogP contribution in [0.2, 0.25) is 0 Å². The minimum Gasteiger partial charge on any atom is -0.469 e. The van der Waals surface area contributed by atoms with Crippen molar-refractivity contribution < 1.29 is 9.21 Å². The summed E-state index contributed by atoms with van der Waals surface area (Å²) in [6.07, 6.45) is 2.56. The Morgan fingerprint density at radius 3 is 2.78 bits per heavy atom. The van der Waals surface area contributed by atoms with Crippen LogP contribution in [0.3, 0.4) is 0 Å². The van der Waals surface area contributed by atoms with Gasteiger partial charge in [0.2, 0.25) is 0 Å². The summed E-state index contributed by atoms with van der Waals surface area (Å²) >= 11 is 3.37. The second kappa shape index (κ2) is 5.40. The van der Waals surface area contributed by atoms with Crippen molar-refractivity contribution in [3.8, 4) is 0 Å². The zero-order valence-corrected chi connectivity index (χ0v) is 11.9. The van der Waals surface area contributed by atoms with E-state index in [1.807, 2.05) is 43.1 Å². The van der Waals surface area contributed by atoms with Gasteiger partial charge in [-0.25, -0.2) is 0 Å². The number of nitrogens with zero attached hydrogens (tertiary/aromatic N) is 1. The number of carbonyl (C=O) groups excluding carboxylic acids is 1. The van der Waals surface area contributed by atoms with Crippen LogP contribution in [0.25, 0.3) is 0 Å². The molecule has 3 nitrogen and oxygen atoms in total. The monoisotopic (exact) mass is 307 g/mol. The lowest BCUT2D eigenvalue weighted by Gasteiger charge is -2.20. The molecule has 0 amide bonds. The van der Waals surface area contributed by atoms with Gasteiger partial charge in [-0.3, -0.25) is 4.79 Å². The van der Waals surface area contributed by atoms with E-state index in [9.17, 15) is 4.79 Å². The van der Waals surface area contributed by atoms with Crippen LogP contribution in [0.4, 0.5) is 5.69 Å². The highest BCUT2D eigenvalue weighted by atomic mass is 79.9. The molecule has 1 heterocycles. The van der Waals surface area contributed by atoms with E-state index in [4.69, 9.17) is 4.42 Å². The first kappa shape index (κ1) is 12.9. The third-order valence-corrected chi connectivity index (χ3v) is 3.39. The molecule has 94 valence electrons. The van der Waals surface area contributed by atoms with Gasteiger partial charge in [0, 0.05) is 34.9 Å². The molecule has 0 radical (unpaired) electrons. The number of benzene rings is 1. The molecule has 4 heteroatoms. The van der Waals surface area contributed by atoms with Crippen molar-refractivity contribution >= 4 is 27.9 Å². The highest BCUT2D eigenvalue weighted by molar-refractivity contribution is 9.10. The molecule has 2 aromatic rings. The van der Waals surface area contributed by atoms with E-state index in [2.05, 4.69) is 15.9 Å². The number of aryl methyl sites for hydroxylation is 1. The Labute approximate surface area is 115 Å². The lowest BCUT2D eigenvalue weighted by molar-refractivity contribution is 0.112. The van der Waals surface area contributed by atoms with Crippen LogP contribution in [0, 0.1) is 6.92 Å². The van der Waals surface area contributed by atoms with Crippen LogP contribution >= 0.6 is 15.9 Å². The number of rotatable bonds is 4. The number of halogens is 1. The average molecular weight is 308 g/mol. The molecule has 0 unspecified atom stereocenters. The number of anilines is 1. The second-order valence-electron chi connectivity index (χ2n) is 4.18. The maximum atomic E-state index is 11.1. The Kier molecular flexibility index (Phi) is 3.87. The van der Waals surface area contributed by atoms with Crippen molar-refractivity contribution in [2.24, 2.45) is 0 Å². The second-order valence-corrected chi connectivity index (χ2v) is 5.09. The van der Waals surface area contributed by atoms with Crippen molar-refractivity contribution in [3.63, 3.8) is 0 Å². The minimum absolute atomic E-state index is 0.674. The summed E-state index contributed by atoms with van der Waals surface area (Å²) in [5.41, 5.74) is 2.71. The molecule has 0 aliphatic heterocycles. The normalized spacial score (nSPS) is 10.4. The van der Waals surface area contributed by atoms with Gasteiger partial charge in [-0.2, -0.15) is 0 Å². The largest absolute Gasteiger partial charge is 0.469 e. The highest BCUT2D eigenvalue weighted by Gasteiger charge is 2.10. The summed E-state index contributed by atoms with van der Waals surface area (Å²) in [6.45, 7) is 2.65. The molecule has 0 saturated heterocycles. The predicted molar refractivity (Wildman–Crippen MR) is 75.1 cm³/mol. The summed E-state index contributed by atoms with van der Waals surface area (Å²) in [7, 11) is 1.96. The Morgan fingerprint density at radius 1 is 1.39 bits per heavy atom. The molecule has 1 aromatic carbocycles. The lowest BCUT2D eigenvalue weighted by Crippen LogP contribution is -2.18. The summed E-state index contributed by atoms with van der Waals surface area (Å²) in [5, 5.41) is 0. The van der Waals surface area contributed by atoms with Crippen LogP contribution in [0.15, 0.2) is 39.4 Å². The molecule has 1 aromatic heterocycles. The first-order valence-electron chi connectivity index (χ1n) is 5.60. The SMILES string of the molecule is Cc1occc1CN(C)c1ccc(Br)cc1C=O. The van der Waals surface area contributed by atoms with Gasteiger partial charge in [0.05, 0.1) is 6.26 Å². The number of hydrogen-bond donors (Lipinski definition) is 0. The van der Waals surface area contributed by atoms with E-state index in [0.717, 1.165) is 27.8 Å². The van der Waals surface area contributed by atoms with Crippen LogP contribution in [-0.4, -0.2) is 13.3 Å². The standard InChI is InChI=1S/C14H14BrNO2/c1-10-11(5-6-18-10)8-16(2)14-4-3-13(15)7-12(14)9-17/h3-7,9H,8H2,1-2H3. The quantitative estimate of drug-likeness (QED) is 0.806. The van der Waals surface area contributed by atoms with Gasteiger partial charge < -0.3 is 9.32 Å². The third-order valence-electron chi connectivity index (χ3n) is 2.90. The van der Waals surface area contributed by atoms with E-state index >= 15 is 0 Å². The molecule has 0 fully saturated rings. The number of carbonyl (C=O) groups is 1. The molecule has 0 saturated carbocycles. The van der Waals surface area contributed by atoms with Crippen molar-refractivity contribution in [2.45, 2.75) is 13.5 Å². The van der Waals surface area contributed by atoms with Crippen molar-refractivity contribution in [2.75, 3.05) is 11.9 Å². The molecule has 0 bridgehead atoms. The Bertz CT molecular complexity index is 563. The summed E-state index contributed by atoms with van der Waals surface area (Å²) < 4.78 is 6.18. The van der Waals surface area contributed by atoms with Gasteiger partial charge in [-0.05, 0) is 31.2 Å². The summed E-state index contributed by atoms with van der Waals surface area (Å²) in [4.78, 5) is 13.1. The van der Waals surface area contributed by atoms with Crippen LogP contribution in [-0.2, 0) is 6.54 Å². The molecule has 18 heavy (non-hydrogen) atoms. The number of hydrogen-bond acceptors (Lipinski definition) is 3. The van der Waals surface area contributed by atoms with Gasteiger partial charge in [0.25, 0.3) is 0 Å². The lowest BCUT2D eigenvalue weighted by atomic mass is 10.1. The third kappa shape index (κ3) is 2.64. The van der Waals surface area contributed by atoms with Crippen molar-refractivity contribution in [1.82, 2.24) is 0 Å². The van der Waals surface area contributed by atoms with Gasteiger partial charge in [0.15, 0.2) is 6.29 Å². The van der Waals surface area contributed by atoms with Gasteiger partial charge >= 0.3 is 0 Å². The number of furan rings is 1. The van der Waals surface area contributed by atoms with Crippen LogP contribution in [0.5, 0.6) is 0 Å². The summed E-state index contributed by atoms with van der Waals surface area (Å²) in [6, 6.07) is 7.64. The van der Waals surface area contributed by atoms with Crippen molar-refractivity contribution in [1.29, 1.82) is 0 Å². The molecule has 2 rings (SSSR count). The topological polar surface area (TPSA) is 33.5 Å². The van der Waals surface area contributed by atoms with E-state index < -0.39 is 0 Å². The Morgan fingerprint density at radius 2 is 2.17 bits per heavy atom. The fourth-order valence-corrected chi connectivity index (χ4v) is 2.26. The first-order valence-corrected chi connectivity index (χ1v) is 6.40. The summed E-state index contributed by atoms with van der Waals surface area (Å²) in [5.74, 6) is 0.909. The predicted octanol–water partition coefficient (Wildman–Crippen LogP) is 3.80. The molecule has 0 spiro atoms. The van der Waals surface area contributed by atoms with Gasteiger partial charge in [-0.15, -0.1) is 0 Å². The zero-order chi connectivity index (χ0) is 13.1. The smallest absolute Gasteiger partial charge is 0.152 e. The number of aldehydes is 1. The molecule has 0 atom stereocenters. The molecular formula is C14H14BrNO2. The first-order chi connectivity index (χ1) is 8.61. The molecule has 0 aliphatic carbocycles. The van der Waals surface area contributed by atoms with Crippen molar-refractivity contribution in [3.05, 3.63) is 51.9 Å².